The molecular formula is C19H18ClN3O. The van der Waals surface area contributed by atoms with Gasteiger partial charge in [0.1, 0.15) is 6.10 Å². The minimum Gasteiger partial charge on any atom is -0.370 e. The Hall–Kier alpha value is -2.17. The molecule has 0 N–H and O–H groups in total. The van der Waals surface area contributed by atoms with Gasteiger partial charge in [0.25, 0.3) is 0 Å². The smallest absolute Gasteiger partial charge is 0.150 e. The molecule has 0 saturated carbocycles. The van der Waals surface area contributed by atoms with E-state index in [-0.39, 0.29) is 6.10 Å². The molecule has 0 spiro atoms. The largest absolute Gasteiger partial charge is 0.370 e. The lowest BCUT2D eigenvalue weighted by molar-refractivity contribution is 0.0395. The summed E-state index contributed by atoms with van der Waals surface area (Å²) in [5, 5.41) is 0.741. The molecule has 3 aromatic rings. The molecule has 4 rings (SSSR count). The number of ether oxygens (including phenoxy) is 1. The van der Waals surface area contributed by atoms with Gasteiger partial charge in [-0.15, -0.1) is 0 Å². The van der Waals surface area contributed by atoms with Gasteiger partial charge < -0.3 is 9.64 Å². The first-order valence-electron chi connectivity index (χ1n) is 8.07. The number of nitrogens with zero attached hydrogens (tertiary/aromatic N) is 3. The highest BCUT2D eigenvalue weighted by Crippen LogP contribution is 2.31. The lowest BCUT2D eigenvalue weighted by Crippen LogP contribution is -2.39. The second-order valence-corrected chi connectivity index (χ2v) is 6.36. The lowest BCUT2D eigenvalue weighted by atomic mass is 10.1. The summed E-state index contributed by atoms with van der Waals surface area (Å²) >= 11 is 6.33. The van der Waals surface area contributed by atoms with Crippen molar-refractivity contribution in [2.24, 2.45) is 0 Å². The van der Waals surface area contributed by atoms with Gasteiger partial charge in [-0.25, -0.2) is 9.97 Å². The number of halogens is 1. The molecule has 0 radical (unpaired) electrons. The molecule has 1 aliphatic rings. The van der Waals surface area contributed by atoms with Gasteiger partial charge in [0, 0.05) is 23.7 Å². The zero-order chi connectivity index (χ0) is 16.5. The third-order valence-corrected chi connectivity index (χ3v) is 4.68. The van der Waals surface area contributed by atoms with Crippen LogP contribution < -0.4 is 4.90 Å². The Morgan fingerprint density at radius 1 is 1.04 bits per heavy atom. The van der Waals surface area contributed by atoms with Crippen LogP contribution in [0.1, 0.15) is 17.4 Å². The van der Waals surface area contributed by atoms with Gasteiger partial charge >= 0.3 is 0 Å². The van der Waals surface area contributed by atoms with Crippen LogP contribution in [-0.2, 0) is 4.74 Å². The van der Waals surface area contributed by atoms with Crippen LogP contribution in [0.2, 0.25) is 5.02 Å². The average Bonchev–Trinajstić information content (AvgIpc) is 2.61. The summed E-state index contributed by atoms with van der Waals surface area (Å²) in [7, 11) is 0. The van der Waals surface area contributed by atoms with Crippen molar-refractivity contribution in [3.8, 4) is 0 Å². The summed E-state index contributed by atoms with van der Waals surface area (Å²) in [6.45, 7) is 4.17. The van der Waals surface area contributed by atoms with E-state index in [4.69, 9.17) is 26.3 Å². The van der Waals surface area contributed by atoms with Gasteiger partial charge in [-0.1, -0.05) is 41.9 Å². The van der Waals surface area contributed by atoms with Crippen LogP contribution in [0.4, 0.5) is 5.82 Å². The quantitative estimate of drug-likeness (QED) is 0.702. The van der Waals surface area contributed by atoms with Crippen molar-refractivity contribution in [2.45, 2.75) is 13.0 Å². The maximum Gasteiger partial charge on any atom is 0.150 e. The first kappa shape index (κ1) is 15.4. The maximum absolute atomic E-state index is 6.33. The highest BCUT2D eigenvalue weighted by atomic mass is 35.5. The van der Waals surface area contributed by atoms with E-state index in [9.17, 15) is 0 Å². The molecule has 2 aromatic carbocycles. The Bertz CT molecular complexity index is 883. The van der Waals surface area contributed by atoms with Crippen LogP contribution >= 0.6 is 11.6 Å². The number of para-hydroxylation sites is 2. The molecule has 24 heavy (non-hydrogen) atoms. The molecule has 0 bridgehead atoms. The molecule has 1 fully saturated rings. The highest BCUT2D eigenvalue weighted by Gasteiger charge is 2.25. The normalized spacial score (nSPS) is 18.1. The number of hydrogen-bond acceptors (Lipinski definition) is 4. The molecule has 0 amide bonds. The average molecular weight is 340 g/mol. The van der Waals surface area contributed by atoms with Gasteiger partial charge in [-0.2, -0.15) is 0 Å². The van der Waals surface area contributed by atoms with Crippen LogP contribution in [0.25, 0.3) is 11.0 Å². The summed E-state index contributed by atoms with van der Waals surface area (Å²) in [6, 6.07) is 15.8. The molecule has 0 aliphatic carbocycles. The van der Waals surface area contributed by atoms with E-state index in [1.54, 1.807) is 0 Å². The van der Waals surface area contributed by atoms with Crippen molar-refractivity contribution in [2.75, 3.05) is 24.6 Å². The summed E-state index contributed by atoms with van der Waals surface area (Å²) in [4.78, 5) is 11.8. The summed E-state index contributed by atoms with van der Waals surface area (Å²) in [5.41, 5.74) is 3.80. The van der Waals surface area contributed by atoms with Crippen LogP contribution in [0, 0.1) is 6.92 Å². The first-order chi connectivity index (χ1) is 11.7. The highest BCUT2D eigenvalue weighted by molar-refractivity contribution is 6.31. The van der Waals surface area contributed by atoms with E-state index in [1.165, 1.54) is 0 Å². The molecule has 122 valence electrons. The van der Waals surface area contributed by atoms with Crippen molar-refractivity contribution in [3.05, 3.63) is 64.8 Å². The Balaban J connectivity index is 1.67. The van der Waals surface area contributed by atoms with Crippen molar-refractivity contribution in [3.63, 3.8) is 0 Å². The first-order valence-corrected chi connectivity index (χ1v) is 8.44. The number of hydrogen-bond donors (Lipinski definition) is 0. The molecule has 1 unspecified atom stereocenters. The fourth-order valence-electron chi connectivity index (χ4n) is 3.14. The van der Waals surface area contributed by atoms with Crippen molar-refractivity contribution in [1.29, 1.82) is 0 Å². The maximum atomic E-state index is 6.33. The topological polar surface area (TPSA) is 38.2 Å². The van der Waals surface area contributed by atoms with Crippen LogP contribution in [-0.4, -0.2) is 29.7 Å². The molecule has 1 aliphatic heterocycles. The van der Waals surface area contributed by atoms with Crippen LogP contribution in [0.15, 0.2) is 48.5 Å². The second-order valence-electron chi connectivity index (χ2n) is 5.95. The molecular weight excluding hydrogens is 322 g/mol. The van der Waals surface area contributed by atoms with E-state index >= 15 is 0 Å². The fraction of sp³-hybridized carbons (Fsp3) is 0.263. The zero-order valence-electron chi connectivity index (χ0n) is 13.4. The van der Waals surface area contributed by atoms with E-state index in [0.717, 1.165) is 46.2 Å². The van der Waals surface area contributed by atoms with Gasteiger partial charge in [0.2, 0.25) is 0 Å². The Kier molecular flexibility index (Phi) is 4.08. The number of aromatic nitrogens is 2. The Morgan fingerprint density at radius 2 is 1.75 bits per heavy atom. The number of anilines is 1. The molecule has 4 nitrogen and oxygen atoms in total. The van der Waals surface area contributed by atoms with E-state index in [2.05, 4.69) is 4.90 Å². The second kappa shape index (κ2) is 6.38. The number of morpholine rings is 1. The number of aryl methyl sites for hydroxylation is 1. The monoisotopic (exact) mass is 339 g/mol. The van der Waals surface area contributed by atoms with Gasteiger partial charge in [-0.05, 0) is 25.1 Å². The van der Waals surface area contributed by atoms with Gasteiger partial charge in [-0.3, -0.25) is 0 Å². The van der Waals surface area contributed by atoms with E-state index in [0.29, 0.717) is 6.61 Å². The van der Waals surface area contributed by atoms with Crippen LogP contribution in [0.5, 0.6) is 0 Å². The predicted octanol–water partition coefficient (Wildman–Crippen LogP) is 4.17. The summed E-state index contributed by atoms with van der Waals surface area (Å²) in [6.07, 6.45) is -0.0554. The van der Waals surface area contributed by atoms with Crippen LogP contribution in [0.3, 0.4) is 0 Å². The number of rotatable bonds is 2. The zero-order valence-corrected chi connectivity index (χ0v) is 14.2. The Labute approximate surface area is 146 Å². The molecule has 1 aromatic heterocycles. The lowest BCUT2D eigenvalue weighted by Gasteiger charge is -2.34. The minimum atomic E-state index is -0.0554. The van der Waals surface area contributed by atoms with Gasteiger partial charge in [0.15, 0.2) is 5.82 Å². The molecule has 1 saturated heterocycles. The third kappa shape index (κ3) is 2.83. The van der Waals surface area contributed by atoms with E-state index in [1.807, 2.05) is 55.5 Å². The predicted molar refractivity (Wildman–Crippen MR) is 96.6 cm³/mol. The molecule has 1 atom stereocenters. The van der Waals surface area contributed by atoms with E-state index < -0.39 is 0 Å². The third-order valence-electron chi connectivity index (χ3n) is 4.34. The van der Waals surface area contributed by atoms with Crippen molar-refractivity contribution in [1.82, 2.24) is 9.97 Å². The van der Waals surface area contributed by atoms with Crippen molar-refractivity contribution < 1.29 is 4.74 Å². The Morgan fingerprint density at radius 3 is 2.54 bits per heavy atom. The molecule has 2 heterocycles. The summed E-state index contributed by atoms with van der Waals surface area (Å²) < 4.78 is 5.95. The number of fused-ring (bicyclic) bond motifs is 1. The SMILES string of the molecule is Cc1nc2ccccc2nc1N1CCOC(c2ccccc2Cl)C1. The van der Waals surface area contributed by atoms with Crippen molar-refractivity contribution >= 4 is 28.5 Å². The van der Waals surface area contributed by atoms with Gasteiger partial charge in [0.05, 0.1) is 23.3 Å². The minimum absolute atomic E-state index is 0.0554. The number of benzene rings is 2. The molecule has 5 heteroatoms. The standard InChI is InChI=1S/C19H18ClN3O/c1-13-19(22-17-9-5-4-8-16(17)21-13)23-10-11-24-18(12-23)14-6-2-3-7-15(14)20/h2-9,18H,10-12H2,1H3. The fourth-order valence-corrected chi connectivity index (χ4v) is 3.40. The summed E-state index contributed by atoms with van der Waals surface area (Å²) in [5.74, 6) is 0.925.